The van der Waals surface area contributed by atoms with Crippen LogP contribution in [0.5, 0.6) is 0 Å². The number of rotatable bonds is 4. The van der Waals surface area contributed by atoms with E-state index in [2.05, 4.69) is 4.98 Å². The number of nitrogens with zero attached hydrogens (tertiary/aromatic N) is 4. The van der Waals surface area contributed by atoms with Gasteiger partial charge in [0, 0.05) is 29.6 Å². The Labute approximate surface area is 122 Å². The highest BCUT2D eigenvalue weighted by atomic mass is 16.2. The van der Waals surface area contributed by atoms with Crippen LogP contribution >= 0.6 is 0 Å². The number of ketones is 1. The van der Waals surface area contributed by atoms with Crippen molar-refractivity contribution in [3.63, 3.8) is 0 Å². The predicted molar refractivity (Wildman–Crippen MR) is 75.4 cm³/mol. The van der Waals surface area contributed by atoms with Crippen LogP contribution in [0.1, 0.15) is 33.7 Å². The molecule has 0 N–H and O–H groups in total. The number of carbonyl (C=O) groups excluding carboxylic acids is 2. The van der Waals surface area contributed by atoms with E-state index in [0.29, 0.717) is 4.57 Å². The molecule has 0 aromatic carbocycles. The lowest BCUT2D eigenvalue weighted by Gasteiger charge is -2.07. The molecule has 0 bridgehead atoms. The van der Waals surface area contributed by atoms with Crippen LogP contribution in [0.15, 0.2) is 15.9 Å². The zero-order valence-electron chi connectivity index (χ0n) is 13.9. The molecule has 21 heavy (non-hydrogen) atoms. The zero-order valence-corrected chi connectivity index (χ0v) is 11.9. The first-order valence-corrected chi connectivity index (χ1v) is 6.25. The summed E-state index contributed by atoms with van der Waals surface area (Å²) in [6.07, 6.45) is -1.67. The Hall–Kier alpha value is -2.51. The van der Waals surface area contributed by atoms with Crippen molar-refractivity contribution in [1.82, 2.24) is 18.7 Å². The number of fused-ring (bicyclic) bond motifs is 1. The van der Waals surface area contributed by atoms with Gasteiger partial charge in [-0.1, -0.05) is 0 Å². The molecule has 0 atom stereocenters. The van der Waals surface area contributed by atoms with Gasteiger partial charge in [0.05, 0.1) is 6.33 Å². The summed E-state index contributed by atoms with van der Waals surface area (Å²) < 4.78 is 17.9. The van der Waals surface area contributed by atoms with Crippen LogP contribution in [0.2, 0.25) is 0 Å². The van der Waals surface area contributed by atoms with Crippen molar-refractivity contribution in [3.05, 3.63) is 27.2 Å². The summed E-state index contributed by atoms with van der Waals surface area (Å²) in [6, 6.07) is 0. The van der Waals surface area contributed by atoms with Gasteiger partial charge in [-0.05, 0) is 13.3 Å². The number of hydrogen-bond donors (Lipinski definition) is 0. The molecule has 0 aliphatic carbocycles. The highest BCUT2D eigenvalue weighted by Gasteiger charge is 2.19. The molecule has 2 rings (SSSR count). The third-order valence-corrected chi connectivity index (χ3v) is 3.08. The molecular weight excluding hydrogens is 276 g/mol. The highest BCUT2D eigenvalue weighted by Crippen LogP contribution is 2.04. The third-order valence-electron chi connectivity index (χ3n) is 3.08. The molecule has 2 aromatic heterocycles. The second-order valence-electron chi connectivity index (χ2n) is 4.64. The summed E-state index contributed by atoms with van der Waals surface area (Å²) in [5.41, 5.74) is -1.41. The molecule has 0 amide bonds. The van der Waals surface area contributed by atoms with Crippen LogP contribution in [0.3, 0.4) is 0 Å². The lowest BCUT2D eigenvalue weighted by Crippen LogP contribution is -2.43. The van der Waals surface area contributed by atoms with Gasteiger partial charge in [-0.3, -0.25) is 14.2 Å². The molecule has 0 saturated carbocycles. The van der Waals surface area contributed by atoms with E-state index >= 15 is 0 Å². The van der Waals surface area contributed by atoms with E-state index in [1.165, 1.54) is 17.9 Å². The topological polar surface area (TPSA) is 96.0 Å². The normalized spacial score (nSPS) is 13.1. The van der Waals surface area contributed by atoms with Crippen molar-refractivity contribution < 1.29 is 12.3 Å². The molecule has 0 saturated heterocycles. The molecule has 0 spiro atoms. The van der Waals surface area contributed by atoms with Crippen molar-refractivity contribution >= 4 is 22.9 Å². The molecule has 0 fully saturated rings. The van der Waals surface area contributed by atoms with Gasteiger partial charge in [-0.15, -0.1) is 0 Å². The first-order chi connectivity index (χ1) is 10.6. The second kappa shape index (κ2) is 5.47. The number of imidazole rings is 1. The van der Waals surface area contributed by atoms with Gasteiger partial charge in [-0.25, -0.2) is 9.78 Å². The smallest absolute Gasteiger partial charge is 0.328 e. The molecule has 0 unspecified atom stereocenters. The molecule has 2 aromatic rings. The Kier molecular flexibility index (Phi) is 3.19. The lowest BCUT2D eigenvalue weighted by atomic mass is 10.2. The number of aryl methyl sites for hydroxylation is 2. The average molecular weight is 294 g/mol. The first kappa shape index (κ1) is 12.2. The summed E-state index contributed by atoms with van der Waals surface area (Å²) in [7, 11) is 2.94. The minimum atomic E-state index is -2.18. The minimum Gasteiger partial charge on any atom is -0.328 e. The number of carbonyl (C=O) groups is 2. The summed E-state index contributed by atoms with van der Waals surface area (Å²) in [6.45, 7) is 1.08. The largest absolute Gasteiger partial charge is 0.339 e. The van der Waals surface area contributed by atoms with Crippen LogP contribution < -0.4 is 11.2 Å². The Balaban J connectivity index is 2.50. The van der Waals surface area contributed by atoms with E-state index in [9.17, 15) is 19.2 Å². The molecule has 112 valence electrons. The van der Waals surface area contributed by atoms with Gasteiger partial charge >= 0.3 is 5.69 Å². The zero-order chi connectivity index (χ0) is 17.5. The van der Waals surface area contributed by atoms with E-state index < -0.39 is 42.2 Å². The van der Waals surface area contributed by atoms with E-state index in [4.69, 9.17) is 2.74 Å². The Morgan fingerprint density at radius 1 is 1.33 bits per heavy atom. The molecule has 0 aliphatic rings. The van der Waals surface area contributed by atoms with E-state index in [1.54, 1.807) is 7.05 Å². The highest BCUT2D eigenvalue weighted by molar-refractivity contribution is 5.82. The standard InChI is InChI=1S/C13H16N4O4/c1-8(18)5-4-6-9(19)17-12(20)10-11(14-7-15(10)2)16(3)13(17)21/h7H,4-6H2,1-3H3/i5D2. The van der Waals surface area contributed by atoms with Crippen LogP contribution in [-0.4, -0.2) is 30.4 Å². The predicted octanol–water partition coefficient (Wildman–Crippen LogP) is -0.167. The van der Waals surface area contributed by atoms with Crippen molar-refractivity contribution in [2.24, 2.45) is 14.1 Å². The van der Waals surface area contributed by atoms with Crippen molar-refractivity contribution in [3.8, 4) is 0 Å². The lowest BCUT2D eigenvalue weighted by molar-refractivity contribution is -0.117. The van der Waals surface area contributed by atoms with Gasteiger partial charge < -0.3 is 9.36 Å². The summed E-state index contributed by atoms with van der Waals surface area (Å²) in [4.78, 5) is 51.9. The first-order valence-electron chi connectivity index (χ1n) is 7.25. The molecule has 0 aliphatic heterocycles. The third kappa shape index (κ3) is 2.56. The maximum Gasteiger partial charge on any atom is 0.339 e. The second-order valence-corrected chi connectivity index (χ2v) is 4.64. The van der Waals surface area contributed by atoms with Crippen LogP contribution in [-0.2, 0) is 18.9 Å². The van der Waals surface area contributed by atoms with Crippen molar-refractivity contribution in [2.75, 3.05) is 0 Å². The Morgan fingerprint density at radius 3 is 2.62 bits per heavy atom. The fraction of sp³-hybridized carbons (Fsp3) is 0.462. The van der Waals surface area contributed by atoms with Crippen molar-refractivity contribution in [1.29, 1.82) is 0 Å². The average Bonchev–Trinajstić information content (AvgIpc) is 2.85. The summed E-state index contributed by atoms with van der Waals surface area (Å²) >= 11 is 0. The molecule has 0 radical (unpaired) electrons. The summed E-state index contributed by atoms with van der Waals surface area (Å²) in [5, 5.41) is 0. The van der Waals surface area contributed by atoms with E-state index in [-0.39, 0.29) is 11.2 Å². The van der Waals surface area contributed by atoms with Gasteiger partial charge in [0.1, 0.15) is 5.78 Å². The number of hydrogen-bond acceptors (Lipinski definition) is 5. The fourth-order valence-corrected chi connectivity index (χ4v) is 2.02. The molecular formula is C13H16N4O4. The molecule has 8 heteroatoms. The van der Waals surface area contributed by atoms with Gasteiger partial charge in [0.25, 0.3) is 5.56 Å². The quantitative estimate of drug-likeness (QED) is 0.780. The molecule has 8 nitrogen and oxygen atoms in total. The van der Waals surface area contributed by atoms with Gasteiger partial charge in [0.2, 0.25) is 5.91 Å². The van der Waals surface area contributed by atoms with Gasteiger partial charge in [-0.2, -0.15) is 4.57 Å². The monoisotopic (exact) mass is 294 g/mol. The van der Waals surface area contributed by atoms with E-state index in [1.807, 2.05) is 0 Å². The number of aromatic nitrogens is 4. The van der Waals surface area contributed by atoms with Crippen LogP contribution in [0.25, 0.3) is 11.2 Å². The number of Topliss-reactive ketones (excluding diaryl/α,β-unsaturated/α-hetero) is 1. The summed E-state index contributed by atoms with van der Waals surface area (Å²) in [5.74, 6) is -1.57. The van der Waals surface area contributed by atoms with Crippen molar-refractivity contribution in [2.45, 2.75) is 26.1 Å². The van der Waals surface area contributed by atoms with Crippen LogP contribution in [0, 0.1) is 0 Å². The van der Waals surface area contributed by atoms with Gasteiger partial charge in [0.15, 0.2) is 11.2 Å². The SMILES string of the molecule is [2H]C([2H])(CCC(=O)n1c(=O)c2c(ncn2C)n(C)c1=O)C(C)=O. The molecule has 2 heterocycles. The van der Waals surface area contributed by atoms with Crippen LogP contribution in [0.4, 0.5) is 0 Å². The Bertz CT molecular complexity index is 922. The minimum absolute atomic E-state index is 0.0926. The fourth-order valence-electron chi connectivity index (χ4n) is 2.02. The van der Waals surface area contributed by atoms with E-state index in [0.717, 1.165) is 11.5 Å². The maximum absolute atomic E-state index is 12.4. The maximum atomic E-state index is 12.4. The Morgan fingerprint density at radius 2 is 2.00 bits per heavy atom.